The van der Waals surface area contributed by atoms with E-state index in [2.05, 4.69) is 10.4 Å². The Bertz CT molecular complexity index is 933. The summed E-state index contributed by atoms with van der Waals surface area (Å²) >= 11 is 0. The molecule has 0 spiro atoms. The number of carbonyl (C=O) groups is 3. The van der Waals surface area contributed by atoms with Gasteiger partial charge < -0.3 is 15.0 Å². The Morgan fingerprint density at radius 2 is 1.74 bits per heavy atom. The lowest BCUT2D eigenvalue weighted by Crippen LogP contribution is -2.41. The van der Waals surface area contributed by atoms with Gasteiger partial charge in [-0.2, -0.15) is 5.10 Å². The van der Waals surface area contributed by atoms with Crippen LogP contribution >= 0.6 is 0 Å². The maximum Gasteiger partial charge on any atom is 0.309 e. The molecule has 2 heterocycles. The van der Waals surface area contributed by atoms with Crippen molar-refractivity contribution >= 4 is 23.6 Å². The van der Waals surface area contributed by atoms with Gasteiger partial charge in [-0.1, -0.05) is 0 Å². The fraction of sp³-hybridized carbons (Fsp3) is 0.455. The van der Waals surface area contributed by atoms with E-state index in [0.29, 0.717) is 37.3 Å². The van der Waals surface area contributed by atoms with Crippen molar-refractivity contribution in [3.63, 3.8) is 0 Å². The minimum Gasteiger partial charge on any atom is -0.452 e. The number of anilines is 1. The third kappa shape index (κ3) is 5.48. The maximum atomic E-state index is 13.0. The van der Waals surface area contributed by atoms with Crippen LogP contribution in [0.2, 0.25) is 0 Å². The summed E-state index contributed by atoms with van der Waals surface area (Å²) in [6, 6.07) is 7.15. The number of amides is 2. The number of nitrogens with zero attached hydrogens (tertiary/aromatic N) is 3. The zero-order chi connectivity index (χ0) is 22.5. The SMILES string of the molecule is CC(OC(=O)C1CCN(C(=O)c2ccc(F)cc2)CC1)C(=O)Nc1ccnn1C(C)C. The number of hydrogen-bond donors (Lipinski definition) is 1. The van der Waals surface area contributed by atoms with Crippen LogP contribution in [-0.2, 0) is 14.3 Å². The molecule has 2 amide bonds. The Balaban J connectivity index is 1.49. The molecule has 1 atom stereocenters. The average molecular weight is 430 g/mol. The molecule has 1 aliphatic rings. The largest absolute Gasteiger partial charge is 0.452 e. The van der Waals surface area contributed by atoms with Crippen molar-refractivity contribution in [1.82, 2.24) is 14.7 Å². The molecule has 3 rings (SSSR count). The van der Waals surface area contributed by atoms with Gasteiger partial charge >= 0.3 is 5.97 Å². The molecule has 1 aromatic carbocycles. The maximum absolute atomic E-state index is 13.0. The van der Waals surface area contributed by atoms with Gasteiger partial charge in [0.25, 0.3) is 11.8 Å². The van der Waals surface area contributed by atoms with Gasteiger partial charge in [-0.25, -0.2) is 9.07 Å². The first-order valence-electron chi connectivity index (χ1n) is 10.4. The minimum absolute atomic E-state index is 0.0750. The van der Waals surface area contributed by atoms with Crippen molar-refractivity contribution in [1.29, 1.82) is 0 Å². The highest BCUT2D eigenvalue weighted by molar-refractivity contribution is 5.95. The molecule has 0 aliphatic carbocycles. The molecule has 0 bridgehead atoms. The lowest BCUT2D eigenvalue weighted by Gasteiger charge is -2.31. The van der Waals surface area contributed by atoms with E-state index in [1.807, 2.05) is 13.8 Å². The number of esters is 1. The Kier molecular flexibility index (Phi) is 7.04. The van der Waals surface area contributed by atoms with E-state index in [1.165, 1.54) is 31.2 Å². The smallest absolute Gasteiger partial charge is 0.309 e. The molecule has 9 heteroatoms. The number of aromatic nitrogens is 2. The molecule has 31 heavy (non-hydrogen) atoms. The zero-order valence-corrected chi connectivity index (χ0v) is 17.9. The first kappa shape index (κ1) is 22.5. The first-order valence-corrected chi connectivity index (χ1v) is 10.4. The topological polar surface area (TPSA) is 93.5 Å². The van der Waals surface area contributed by atoms with Gasteiger partial charge in [-0.05, 0) is 57.9 Å². The highest BCUT2D eigenvalue weighted by Crippen LogP contribution is 2.21. The van der Waals surface area contributed by atoms with Crippen LogP contribution < -0.4 is 5.32 Å². The summed E-state index contributed by atoms with van der Waals surface area (Å²) < 4.78 is 20.1. The summed E-state index contributed by atoms with van der Waals surface area (Å²) in [6.45, 7) is 6.20. The molecule has 2 aromatic rings. The Labute approximate surface area is 180 Å². The number of piperidine rings is 1. The monoisotopic (exact) mass is 430 g/mol. The lowest BCUT2D eigenvalue weighted by molar-refractivity contribution is -0.158. The first-order chi connectivity index (χ1) is 14.8. The summed E-state index contributed by atoms with van der Waals surface area (Å²) in [6.07, 6.45) is 1.52. The Hall–Kier alpha value is -3.23. The number of benzene rings is 1. The molecule has 166 valence electrons. The van der Waals surface area contributed by atoms with E-state index in [4.69, 9.17) is 4.74 Å². The number of rotatable bonds is 6. The normalized spacial score (nSPS) is 15.6. The predicted molar refractivity (Wildman–Crippen MR) is 112 cm³/mol. The van der Waals surface area contributed by atoms with Crippen LogP contribution in [-0.4, -0.2) is 51.7 Å². The molecule has 1 unspecified atom stereocenters. The van der Waals surface area contributed by atoms with Crippen molar-refractivity contribution < 1.29 is 23.5 Å². The van der Waals surface area contributed by atoms with Crippen LogP contribution in [0.1, 0.15) is 50.0 Å². The van der Waals surface area contributed by atoms with Crippen molar-refractivity contribution in [2.45, 2.75) is 45.8 Å². The van der Waals surface area contributed by atoms with Crippen LogP contribution in [0.5, 0.6) is 0 Å². The number of ether oxygens (including phenoxy) is 1. The average Bonchev–Trinajstić information content (AvgIpc) is 3.22. The number of nitrogens with one attached hydrogen (secondary N) is 1. The van der Waals surface area contributed by atoms with E-state index < -0.39 is 23.8 Å². The van der Waals surface area contributed by atoms with Gasteiger partial charge in [0, 0.05) is 30.8 Å². The molecule has 1 aromatic heterocycles. The van der Waals surface area contributed by atoms with Crippen LogP contribution in [0.4, 0.5) is 10.2 Å². The molecule has 0 radical (unpaired) electrons. The van der Waals surface area contributed by atoms with E-state index in [9.17, 15) is 18.8 Å². The molecule has 1 fully saturated rings. The quantitative estimate of drug-likeness (QED) is 0.711. The Morgan fingerprint density at radius 1 is 1.10 bits per heavy atom. The minimum atomic E-state index is -0.957. The lowest BCUT2D eigenvalue weighted by atomic mass is 9.96. The molecular weight excluding hydrogens is 403 g/mol. The van der Waals surface area contributed by atoms with Crippen LogP contribution in [0.25, 0.3) is 0 Å². The summed E-state index contributed by atoms with van der Waals surface area (Å²) in [5.74, 6) is -1.32. The van der Waals surface area contributed by atoms with Crippen molar-refractivity contribution in [3.05, 3.63) is 47.9 Å². The number of halogens is 1. The Morgan fingerprint density at radius 3 is 2.35 bits per heavy atom. The van der Waals surface area contributed by atoms with E-state index in [1.54, 1.807) is 21.8 Å². The van der Waals surface area contributed by atoms with Crippen molar-refractivity contribution in [3.8, 4) is 0 Å². The highest BCUT2D eigenvalue weighted by atomic mass is 19.1. The number of hydrogen-bond acceptors (Lipinski definition) is 5. The van der Waals surface area contributed by atoms with Crippen LogP contribution in [0.15, 0.2) is 36.5 Å². The summed E-state index contributed by atoms with van der Waals surface area (Å²) in [5, 5.41) is 6.88. The fourth-order valence-corrected chi connectivity index (χ4v) is 3.47. The second-order valence-electron chi connectivity index (χ2n) is 7.90. The zero-order valence-electron chi connectivity index (χ0n) is 17.9. The van der Waals surface area contributed by atoms with Gasteiger partial charge in [0.2, 0.25) is 0 Å². The van der Waals surface area contributed by atoms with Gasteiger partial charge in [-0.15, -0.1) is 0 Å². The molecule has 1 saturated heterocycles. The second-order valence-corrected chi connectivity index (χ2v) is 7.90. The number of carbonyl (C=O) groups excluding carboxylic acids is 3. The molecular formula is C22H27FN4O4. The van der Waals surface area contributed by atoms with E-state index >= 15 is 0 Å². The van der Waals surface area contributed by atoms with E-state index in [0.717, 1.165) is 0 Å². The van der Waals surface area contributed by atoms with Gasteiger partial charge in [0.15, 0.2) is 6.10 Å². The van der Waals surface area contributed by atoms with Gasteiger partial charge in [0.05, 0.1) is 12.1 Å². The second kappa shape index (κ2) is 9.72. The van der Waals surface area contributed by atoms with Gasteiger partial charge in [-0.3, -0.25) is 14.4 Å². The highest BCUT2D eigenvalue weighted by Gasteiger charge is 2.31. The predicted octanol–water partition coefficient (Wildman–Crippen LogP) is 3.03. The number of likely N-dealkylation sites (tertiary alicyclic amines) is 1. The third-order valence-corrected chi connectivity index (χ3v) is 5.28. The van der Waals surface area contributed by atoms with Crippen molar-refractivity contribution in [2.75, 3.05) is 18.4 Å². The van der Waals surface area contributed by atoms with Gasteiger partial charge in [0.1, 0.15) is 11.6 Å². The summed E-state index contributed by atoms with van der Waals surface area (Å²) in [5.41, 5.74) is 0.411. The molecule has 8 nitrogen and oxygen atoms in total. The molecule has 0 saturated carbocycles. The molecule has 1 aliphatic heterocycles. The summed E-state index contributed by atoms with van der Waals surface area (Å²) in [4.78, 5) is 39.1. The fourth-order valence-electron chi connectivity index (χ4n) is 3.47. The standard InChI is InChI=1S/C22H27FN4O4/c1-14(2)27-19(8-11-24-27)25-20(28)15(3)31-22(30)17-9-12-26(13-10-17)21(29)16-4-6-18(23)7-5-16/h4-8,11,14-15,17H,9-10,12-13H2,1-3H3,(H,25,28). The molecule has 1 N–H and O–H groups in total. The summed E-state index contributed by atoms with van der Waals surface area (Å²) in [7, 11) is 0. The van der Waals surface area contributed by atoms with E-state index in [-0.39, 0.29) is 17.9 Å². The third-order valence-electron chi connectivity index (χ3n) is 5.28. The van der Waals surface area contributed by atoms with Crippen molar-refractivity contribution in [2.24, 2.45) is 5.92 Å². The van der Waals surface area contributed by atoms with Crippen LogP contribution in [0.3, 0.4) is 0 Å². The van der Waals surface area contributed by atoms with Crippen LogP contribution in [0, 0.1) is 11.7 Å².